The quantitative estimate of drug-likeness (QED) is 0.614. The lowest BCUT2D eigenvalue weighted by molar-refractivity contribution is 0.278. The molecule has 30 heavy (non-hydrogen) atoms. The van der Waals surface area contributed by atoms with Crippen molar-refractivity contribution in [1.29, 1.82) is 0 Å². The molecule has 1 saturated carbocycles. The fraction of sp³-hybridized carbons (Fsp3) is 0.364. The van der Waals surface area contributed by atoms with E-state index < -0.39 is 0 Å². The van der Waals surface area contributed by atoms with E-state index in [1.54, 1.807) is 38.8 Å². The number of aromatic nitrogens is 4. The average molecular weight is 407 g/mol. The summed E-state index contributed by atoms with van der Waals surface area (Å²) in [6, 6.07) is 7.61. The highest BCUT2D eigenvalue weighted by Crippen LogP contribution is 2.46. The fourth-order valence-electron chi connectivity index (χ4n) is 3.41. The number of nitrogens with zero attached hydrogens (tertiary/aromatic N) is 4. The Balaban J connectivity index is 1.37. The van der Waals surface area contributed by atoms with E-state index in [0.29, 0.717) is 36.6 Å². The zero-order chi connectivity index (χ0) is 21.1. The SMILES string of the molecule is COc1ccc([C@@H]2CC2COc2cc(NCc3cncc(C)c3)c(=O)n(C)n2)nc1. The van der Waals surface area contributed by atoms with E-state index in [-0.39, 0.29) is 5.56 Å². The number of hydrogen-bond acceptors (Lipinski definition) is 7. The number of anilines is 1. The van der Waals surface area contributed by atoms with Gasteiger partial charge in [0.1, 0.15) is 11.4 Å². The van der Waals surface area contributed by atoms with Crippen molar-refractivity contribution in [3.8, 4) is 11.6 Å². The van der Waals surface area contributed by atoms with Crippen LogP contribution in [-0.2, 0) is 13.6 Å². The first-order valence-electron chi connectivity index (χ1n) is 9.89. The van der Waals surface area contributed by atoms with E-state index in [4.69, 9.17) is 9.47 Å². The second-order valence-corrected chi connectivity index (χ2v) is 7.59. The largest absolute Gasteiger partial charge is 0.495 e. The van der Waals surface area contributed by atoms with Crippen LogP contribution in [0.25, 0.3) is 0 Å². The average Bonchev–Trinajstić information content (AvgIpc) is 3.53. The van der Waals surface area contributed by atoms with Crippen LogP contribution in [0.3, 0.4) is 0 Å². The van der Waals surface area contributed by atoms with Crippen molar-refractivity contribution in [2.45, 2.75) is 25.8 Å². The van der Waals surface area contributed by atoms with Crippen LogP contribution in [0.15, 0.2) is 47.7 Å². The molecule has 4 rings (SSSR count). The molecule has 8 heteroatoms. The summed E-state index contributed by atoms with van der Waals surface area (Å²) in [5.41, 5.74) is 3.38. The van der Waals surface area contributed by atoms with Gasteiger partial charge in [-0.05, 0) is 36.6 Å². The maximum absolute atomic E-state index is 12.4. The topological polar surface area (TPSA) is 91.2 Å². The smallest absolute Gasteiger partial charge is 0.290 e. The van der Waals surface area contributed by atoms with Crippen molar-refractivity contribution in [2.75, 3.05) is 19.0 Å². The number of nitrogens with one attached hydrogen (secondary N) is 1. The van der Waals surface area contributed by atoms with Crippen LogP contribution in [-0.4, -0.2) is 33.5 Å². The Morgan fingerprint density at radius 3 is 2.83 bits per heavy atom. The second kappa shape index (κ2) is 8.52. The molecule has 3 aromatic heterocycles. The molecule has 0 bridgehead atoms. The van der Waals surface area contributed by atoms with Gasteiger partial charge in [-0.15, -0.1) is 5.10 Å². The molecule has 0 saturated heterocycles. The van der Waals surface area contributed by atoms with Crippen LogP contribution in [0.5, 0.6) is 11.6 Å². The Bertz CT molecular complexity index is 1080. The van der Waals surface area contributed by atoms with Crippen molar-refractivity contribution in [3.05, 3.63) is 70.0 Å². The highest BCUT2D eigenvalue weighted by molar-refractivity contribution is 5.44. The van der Waals surface area contributed by atoms with Gasteiger partial charge in [0.15, 0.2) is 0 Å². The predicted octanol–water partition coefficient (Wildman–Crippen LogP) is 2.68. The van der Waals surface area contributed by atoms with E-state index in [2.05, 4.69) is 20.4 Å². The minimum atomic E-state index is -0.199. The number of rotatable bonds is 8. The first-order chi connectivity index (χ1) is 14.5. The van der Waals surface area contributed by atoms with Gasteiger partial charge in [0.2, 0.25) is 5.88 Å². The Morgan fingerprint density at radius 2 is 2.10 bits per heavy atom. The summed E-state index contributed by atoms with van der Waals surface area (Å²) in [5, 5.41) is 7.39. The summed E-state index contributed by atoms with van der Waals surface area (Å²) in [4.78, 5) is 21.0. The van der Waals surface area contributed by atoms with Crippen LogP contribution in [0.2, 0.25) is 0 Å². The highest BCUT2D eigenvalue weighted by Gasteiger charge is 2.40. The van der Waals surface area contributed by atoms with Gasteiger partial charge in [-0.1, -0.05) is 6.07 Å². The van der Waals surface area contributed by atoms with Crippen LogP contribution < -0.4 is 20.3 Å². The first-order valence-corrected chi connectivity index (χ1v) is 9.89. The lowest BCUT2D eigenvalue weighted by Gasteiger charge is -2.11. The zero-order valence-corrected chi connectivity index (χ0v) is 17.3. The van der Waals surface area contributed by atoms with Gasteiger partial charge in [-0.2, -0.15) is 0 Å². The van der Waals surface area contributed by atoms with Crippen LogP contribution in [0.1, 0.15) is 29.2 Å². The molecule has 1 unspecified atom stereocenters. The molecule has 0 radical (unpaired) electrons. The standard InChI is InChI=1S/C22H25N5O3/c1-14-6-15(10-23-9-14)11-24-20-8-21(26-27(2)22(20)28)30-13-16-7-18(16)19-5-4-17(29-3)12-25-19/h4-6,8-10,12,16,18,24H,7,11,13H2,1-3H3/t16?,18-/m1/s1. The Morgan fingerprint density at radius 1 is 1.23 bits per heavy atom. The number of ether oxygens (including phenoxy) is 2. The Labute approximate surface area is 174 Å². The van der Waals surface area contributed by atoms with Crippen LogP contribution >= 0.6 is 0 Å². The molecule has 2 atom stereocenters. The van der Waals surface area contributed by atoms with E-state index in [1.807, 2.05) is 25.1 Å². The summed E-state index contributed by atoms with van der Waals surface area (Å²) in [7, 11) is 3.25. The number of pyridine rings is 2. The second-order valence-electron chi connectivity index (χ2n) is 7.59. The summed E-state index contributed by atoms with van der Waals surface area (Å²) < 4.78 is 12.3. The normalized spacial score (nSPS) is 17.4. The molecule has 0 aromatic carbocycles. The molecular weight excluding hydrogens is 382 g/mol. The van der Waals surface area contributed by atoms with Crippen molar-refractivity contribution < 1.29 is 9.47 Å². The molecule has 0 aliphatic heterocycles. The first kappa shape index (κ1) is 19.9. The van der Waals surface area contributed by atoms with Gasteiger partial charge in [0, 0.05) is 49.6 Å². The van der Waals surface area contributed by atoms with Gasteiger partial charge < -0.3 is 14.8 Å². The molecule has 156 valence electrons. The van der Waals surface area contributed by atoms with Crippen molar-refractivity contribution in [1.82, 2.24) is 19.7 Å². The third-order valence-electron chi connectivity index (χ3n) is 5.20. The highest BCUT2D eigenvalue weighted by atomic mass is 16.5. The molecule has 0 amide bonds. The van der Waals surface area contributed by atoms with Gasteiger partial charge >= 0.3 is 0 Å². The van der Waals surface area contributed by atoms with Crippen molar-refractivity contribution >= 4 is 5.69 Å². The maximum Gasteiger partial charge on any atom is 0.290 e. The number of aryl methyl sites for hydroxylation is 2. The van der Waals surface area contributed by atoms with Gasteiger partial charge in [0.25, 0.3) is 5.56 Å². The van der Waals surface area contributed by atoms with Gasteiger partial charge in [-0.25, -0.2) is 4.68 Å². The van der Waals surface area contributed by atoms with Gasteiger partial charge in [-0.3, -0.25) is 14.8 Å². The summed E-state index contributed by atoms with van der Waals surface area (Å²) >= 11 is 0. The minimum absolute atomic E-state index is 0.199. The van der Waals surface area contributed by atoms with E-state index in [0.717, 1.165) is 29.0 Å². The molecule has 3 aromatic rings. The van der Waals surface area contributed by atoms with Crippen molar-refractivity contribution in [2.24, 2.45) is 13.0 Å². The minimum Gasteiger partial charge on any atom is -0.495 e. The van der Waals surface area contributed by atoms with Crippen LogP contribution in [0.4, 0.5) is 5.69 Å². The van der Waals surface area contributed by atoms with E-state index in [1.165, 1.54) is 4.68 Å². The number of methoxy groups -OCH3 is 1. The molecule has 1 fully saturated rings. The third kappa shape index (κ3) is 4.59. The summed E-state index contributed by atoms with van der Waals surface area (Å²) in [6.45, 7) is 3.02. The molecular formula is C22H25N5O3. The summed E-state index contributed by atoms with van der Waals surface area (Å²) in [5.74, 6) is 1.95. The monoisotopic (exact) mass is 407 g/mol. The maximum atomic E-state index is 12.4. The molecule has 3 heterocycles. The van der Waals surface area contributed by atoms with E-state index in [9.17, 15) is 4.79 Å². The molecule has 0 spiro atoms. The zero-order valence-electron chi connectivity index (χ0n) is 17.3. The van der Waals surface area contributed by atoms with Crippen molar-refractivity contribution in [3.63, 3.8) is 0 Å². The molecule has 1 aliphatic carbocycles. The lowest BCUT2D eigenvalue weighted by Crippen LogP contribution is -2.24. The lowest BCUT2D eigenvalue weighted by atomic mass is 10.2. The fourth-order valence-corrected chi connectivity index (χ4v) is 3.41. The third-order valence-corrected chi connectivity index (χ3v) is 5.20. The Hall–Kier alpha value is -3.42. The molecule has 8 nitrogen and oxygen atoms in total. The molecule has 1 N–H and O–H groups in total. The molecule has 1 aliphatic rings. The predicted molar refractivity (Wildman–Crippen MR) is 113 cm³/mol. The summed E-state index contributed by atoms with van der Waals surface area (Å²) in [6.07, 6.45) is 6.34. The number of hydrogen-bond donors (Lipinski definition) is 1. The van der Waals surface area contributed by atoms with Crippen LogP contribution in [0, 0.1) is 12.8 Å². The Kier molecular flexibility index (Phi) is 5.65. The van der Waals surface area contributed by atoms with Gasteiger partial charge in [0.05, 0.1) is 19.9 Å². The van der Waals surface area contributed by atoms with E-state index >= 15 is 0 Å².